The Kier molecular flexibility index (Phi) is 9.06. The van der Waals surface area contributed by atoms with Crippen molar-refractivity contribution in [2.45, 2.75) is 98.2 Å². The molecule has 1 aliphatic carbocycles. The minimum Gasteiger partial charge on any atom is -0.0802 e. The van der Waals surface area contributed by atoms with Crippen LogP contribution in [0, 0.1) is 29.6 Å². The zero-order valence-corrected chi connectivity index (χ0v) is 15.4. The Labute approximate surface area is 136 Å². The second-order valence-corrected chi connectivity index (χ2v) is 8.80. The second kappa shape index (κ2) is 9.96. The van der Waals surface area contributed by atoms with Gasteiger partial charge in [-0.2, -0.15) is 0 Å². The van der Waals surface area contributed by atoms with E-state index >= 15 is 0 Å². The molecule has 0 N–H and O–H groups in total. The zero-order chi connectivity index (χ0) is 15.8. The fourth-order valence-corrected chi connectivity index (χ4v) is 4.05. The molecule has 1 rings (SSSR count). The third kappa shape index (κ3) is 8.94. The molecular formula is C20H39B. The van der Waals surface area contributed by atoms with E-state index in [-0.39, 0.29) is 0 Å². The van der Waals surface area contributed by atoms with E-state index in [4.69, 9.17) is 7.85 Å². The first-order chi connectivity index (χ1) is 9.86. The molecule has 0 aromatic heterocycles. The SMILES string of the molecule is [B]C(C)CCC1CC(CCC(C)C)C[C@H](CCC(C)C)C1. The molecular weight excluding hydrogens is 251 g/mol. The summed E-state index contributed by atoms with van der Waals surface area (Å²) in [6.45, 7) is 11.6. The molecule has 0 spiro atoms. The summed E-state index contributed by atoms with van der Waals surface area (Å²) in [5, 5.41) is 0. The molecule has 0 amide bonds. The van der Waals surface area contributed by atoms with E-state index in [9.17, 15) is 0 Å². The van der Waals surface area contributed by atoms with E-state index in [0.29, 0.717) is 5.82 Å². The molecule has 21 heavy (non-hydrogen) atoms. The van der Waals surface area contributed by atoms with Crippen LogP contribution in [0.5, 0.6) is 0 Å². The van der Waals surface area contributed by atoms with Crippen LogP contribution in [0.2, 0.25) is 5.82 Å². The normalized spacial score (nSPS) is 28.2. The molecule has 0 heterocycles. The van der Waals surface area contributed by atoms with E-state index < -0.39 is 0 Å². The number of rotatable bonds is 9. The Bertz CT molecular complexity index is 208. The van der Waals surface area contributed by atoms with Crippen LogP contribution in [0.4, 0.5) is 0 Å². The summed E-state index contributed by atoms with van der Waals surface area (Å²) < 4.78 is 0. The number of hydrogen-bond acceptors (Lipinski definition) is 0. The van der Waals surface area contributed by atoms with Crippen LogP contribution in [0.3, 0.4) is 0 Å². The molecule has 2 radical (unpaired) electrons. The van der Waals surface area contributed by atoms with Crippen LogP contribution < -0.4 is 0 Å². The van der Waals surface area contributed by atoms with E-state index in [2.05, 4.69) is 34.6 Å². The lowest BCUT2D eigenvalue weighted by Gasteiger charge is -2.36. The van der Waals surface area contributed by atoms with E-state index in [0.717, 1.165) is 29.6 Å². The average molecular weight is 290 g/mol. The minimum atomic E-state index is 0.384. The molecule has 0 aromatic rings. The Morgan fingerprint density at radius 3 is 1.29 bits per heavy atom. The Hall–Kier alpha value is 0.0649. The summed E-state index contributed by atoms with van der Waals surface area (Å²) in [6, 6.07) is 0. The van der Waals surface area contributed by atoms with Gasteiger partial charge in [-0.3, -0.25) is 0 Å². The summed E-state index contributed by atoms with van der Waals surface area (Å²) in [7, 11) is 5.98. The molecule has 0 aliphatic heterocycles. The van der Waals surface area contributed by atoms with Crippen molar-refractivity contribution in [1.82, 2.24) is 0 Å². The van der Waals surface area contributed by atoms with Gasteiger partial charge in [0.05, 0.1) is 7.85 Å². The monoisotopic (exact) mass is 290 g/mol. The lowest BCUT2D eigenvalue weighted by atomic mass is 9.69. The smallest absolute Gasteiger partial charge is 0.0695 e. The van der Waals surface area contributed by atoms with Crippen molar-refractivity contribution in [3.63, 3.8) is 0 Å². The van der Waals surface area contributed by atoms with Gasteiger partial charge in [-0.1, -0.05) is 79.0 Å². The van der Waals surface area contributed by atoms with Crippen molar-refractivity contribution < 1.29 is 0 Å². The van der Waals surface area contributed by atoms with Crippen molar-refractivity contribution in [2.75, 3.05) is 0 Å². The average Bonchev–Trinajstić information content (AvgIpc) is 2.40. The van der Waals surface area contributed by atoms with Gasteiger partial charge in [-0.05, 0) is 48.9 Å². The quantitative estimate of drug-likeness (QED) is 0.417. The van der Waals surface area contributed by atoms with Crippen molar-refractivity contribution >= 4 is 7.85 Å². The van der Waals surface area contributed by atoms with Gasteiger partial charge < -0.3 is 0 Å². The molecule has 1 saturated carbocycles. The second-order valence-electron chi connectivity index (χ2n) is 8.80. The largest absolute Gasteiger partial charge is 0.0802 e. The summed E-state index contributed by atoms with van der Waals surface area (Å²) >= 11 is 0. The maximum absolute atomic E-state index is 5.98. The minimum absolute atomic E-state index is 0.384. The standard InChI is InChI=1S/C20H39B/c1-15(2)6-9-18-12-19(10-7-16(3)4)14-20(13-18)11-8-17(5)21/h15-20H,6-14H2,1-5H3/t17?,18-,19?,20?/m0/s1. The highest BCUT2D eigenvalue weighted by atomic mass is 14.3. The fourth-order valence-electron chi connectivity index (χ4n) is 4.05. The molecule has 0 bridgehead atoms. The Balaban J connectivity index is 2.46. The third-order valence-corrected chi connectivity index (χ3v) is 5.33. The predicted molar refractivity (Wildman–Crippen MR) is 96.9 cm³/mol. The number of hydrogen-bond donors (Lipinski definition) is 0. The van der Waals surface area contributed by atoms with Crippen LogP contribution in [0.25, 0.3) is 0 Å². The van der Waals surface area contributed by atoms with Gasteiger partial charge in [0, 0.05) is 0 Å². The molecule has 1 heteroatoms. The Morgan fingerprint density at radius 1 is 0.667 bits per heavy atom. The van der Waals surface area contributed by atoms with Crippen LogP contribution in [0.15, 0.2) is 0 Å². The molecule has 1 aliphatic rings. The van der Waals surface area contributed by atoms with E-state index in [1.807, 2.05) is 0 Å². The van der Waals surface area contributed by atoms with Crippen molar-refractivity contribution in [2.24, 2.45) is 29.6 Å². The topological polar surface area (TPSA) is 0 Å². The van der Waals surface area contributed by atoms with Gasteiger partial charge in [0.15, 0.2) is 0 Å². The van der Waals surface area contributed by atoms with Gasteiger partial charge >= 0.3 is 0 Å². The lowest BCUT2D eigenvalue weighted by molar-refractivity contribution is 0.159. The summed E-state index contributed by atoms with van der Waals surface area (Å²) in [5.41, 5.74) is 0. The fraction of sp³-hybridized carbons (Fsp3) is 1.00. The molecule has 1 fully saturated rings. The first kappa shape index (κ1) is 19.1. The van der Waals surface area contributed by atoms with Crippen molar-refractivity contribution in [3.8, 4) is 0 Å². The summed E-state index contributed by atoms with van der Waals surface area (Å²) in [5.74, 6) is 5.06. The van der Waals surface area contributed by atoms with Gasteiger partial charge in [-0.15, -0.1) is 0 Å². The highest BCUT2D eigenvalue weighted by molar-refractivity contribution is 6.11. The van der Waals surface area contributed by atoms with E-state index in [1.54, 1.807) is 0 Å². The first-order valence-corrected chi connectivity index (χ1v) is 9.62. The predicted octanol–water partition coefficient (Wildman–Crippen LogP) is 6.65. The maximum Gasteiger partial charge on any atom is 0.0695 e. The summed E-state index contributed by atoms with van der Waals surface area (Å²) in [6.07, 6.45) is 12.8. The highest BCUT2D eigenvalue weighted by Crippen LogP contribution is 2.41. The van der Waals surface area contributed by atoms with Gasteiger partial charge in [-0.25, -0.2) is 0 Å². The van der Waals surface area contributed by atoms with Crippen LogP contribution in [-0.2, 0) is 0 Å². The zero-order valence-electron chi connectivity index (χ0n) is 15.4. The van der Waals surface area contributed by atoms with Crippen molar-refractivity contribution in [1.29, 1.82) is 0 Å². The molecule has 4 atom stereocenters. The maximum atomic E-state index is 5.98. The van der Waals surface area contributed by atoms with Gasteiger partial charge in [0.2, 0.25) is 0 Å². The molecule has 0 aromatic carbocycles. The van der Waals surface area contributed by atoms with Gasteiger partial charge in [0.25, 0.3) is 0 Å². The van der Waals surface area contributed by atoms with Crippen LogP contribution >= 0.6 is 0 Å². The van der Waals surface area contributed by atoms with Crippen molar-refractivity contribution in [3.05, 3.63) is 0 Å². The molecule has 122 valence electrons. The third-order valence-electron chi connectivity index (χ3n) is 5.33. The Morgan fingerprint density at radius 2 is 1.00 bits per heavy atom. The van der Waals surface area contributed by atoms with Gasteiger partial charge in [0.1, 0.15) is 0 Å². The molecule has 0 saturated heterocycles. The highest BCUT2D eigenvalue weighted by Gasteiger charge is 2.28. The van der Waals surface area contributed by atoms with E-state index in [1.165, 1.54) is 57.8 Å². The van der Waals surface area contributed by atoms with Crippen LogP contribution in [-0.4, -0.2) is 7.85 Å². The molecule has 0 nitrogen and oxygen atoms in total. The summed E-state index contributed by atoms with van der Waals surface area (Å²) in [4.78, 5) is 0. The molecule has 3 unspecified atom stereocenters. The lowest BCUT2D eigenvalue weighted by Crippen LogP contribution is -2.24. The first-order valence-electron chi connectivity index (χ1n) is 9.62. The van der Waals surface area contributed by atoms with Crippen LogP contribution in [0.1, 0.15) is 92.4 Å².